The van der Waals surface area contributed by atoms with Crippen molar-refractivity contribution >= 4 is 19.4 Å². The molecule has 0 aromatic heterocycles. The molecule has 1 aromatic carbocycles. The van der Waals surface area contributed by atoms with E-state index in [2.05, 4.69) is 6.58 Å². The number of benzene rings is 1. The summed E-state index contributed by atoms with van der Waals surface area (Å²) in [5.74, 6) is 0. The number of rotatable bonds is 3. The first-order valence-electron chi connectivity index (χ1n) is 3.39. The summed E-state index contributed by atoms with van der Waals surface area (Å²) in [5.41, 5.74) is 0. The molecule has 0 heterocycles. The number of hydrogen-bond donors (Lipinski definition) is 0. The summed E-state index contributed by atoms with van der Waals surface area (Å²) in [6, 6.07) is 8.74. The van der Waals surface area contributed by atoms with Gasteiger partial charge in [-0.3, -0.25) is 0 Å². The summed E-state index contributed by atoms with van der Waals surface area (Å²) in [4.78, 5) is -2.73. The summed E-state index contributed by atoms with van der Waals surface area (Å²) >= 11 is -0.837. The molecule has 0 atom stereocenters. The quantitative estimate of drug-likeness (QED) is 0.551. The van der Waals surface area contributed by atoms with Crippen LogP contribution >= 0.6 is 0 Å². The molecule has 0 spiro atoms. The maximum absolute atomic E-state index is 12.7. The Bertz CT molecular complexity index is 256. The van der Waals surface area contributed by atoms with E-state index in [4.69, 9.17) is 0 Å². The number of hydrogen-bond acceptors (Lipinski definition) is 0. The van der Waals surface area contributed by atoms with Crippen molar-refractivity contribution in [1.82, 2.24) is 0 Å². The minimum absolute atomic E-state index is 0.690. The predicted molar refractivity (Wildman–Crippen MR) is 47.0 cm³/mol. The third kappa shape index (κ3) is 2.76. The van der Waals surface area contributed by atoms with Crippen molar-refractivity contribution in [3.63, 3.8) is 0 Å². The summed E-state index contributed by atoms with van der Waals surface area (Å²) in [5, 5.41) is 0. The van der Waals surface area contributed by atoms with Gasteiger partial charge in [0.15, 0.2) is 0 Å². The molecule has 0 fully saturated rings. The van der Waals surface area contributed by atoms with Gasteiger partial charge in [0.2, 0.25) is 0 Å². The predicted octanol–water partition coefficient (Wildman–Crippen LogP) is 1.79. The van der Waals surface area contributed by atoms with Crippen LogP contribution in [-0.2, 0) is 0 Å². The molecular formula is C9H8F2Se. The average Bonchev–Trinajstić information content (AvgIpc) is 2.06. The van der Waals surface area contributed by atoms with E-state index in [9.17, 15) is 8.78 Å². The van der Waals surface area contributed by atoms with E-state index in [-0.39, 0.29) is 0 Å². The van der Waals surface area contributed by atoms with Crippen LogP contribution in [0.25, 0.3) is 0 Å². The Morgan fingerprint density at radius 1 is 1.25 bits per heavy atom. The first kappa shape index (κ1) is 9.43. The van der Waals surface area contributed by atoms with Crippen molar-refractivity contribution in [2.45, 2.75) is 4.82 Å². The molecule has 0 N–H and O–H groups in total. The first-order valence-corrected chi connectivity index (χ1v) is 5.11. The molecule has 12 heavy (non-hydrogen) atoms. The molecule has 64 valence electrons. The van der Waals surface area contributed by atoms with Crippen molar-refractivity contribution in [3.8, 4) is 0 Å². The van der Waals surface area contributed by atoms with Crippen molar-refractivity contribution < 1.29 is 8.78 Å². The maximum atomic E-state index is 12.7. The molecule has 0 saturated heterocycles. The van der Waals surface area contributed by atoms with Gasteiger partial charge < -0.3 is 0 Å². The SMILES string of the molecule is C=CC(F)(F)[Se]c1ccccc1. The molecule has 0 bridgehead atoms. The van der Waals surface area contributed by atoms with Crippen molar-refractivity contribution in [2.75, 3.05) is 0 Å². The van der Waals surface area contributed by atoms with Crippen molar-refractivity contribution in [1.29, 1.82) is 0 Å². The Labute approximate surface area is 76.4 Å². The van der Waals surface area contributed by atoms with Gasteiger partial charge >= 0.3 is 76.0 Å². The van der Waals surface area contributed by atoms with Crippen LogP contribution in [0, 0.1) is 0 Å². The van der Waals surface area contributed by atoms with Gasteiger partial charge in [0, 0.05) is 0 Å². The molecule has 0 aliphatic carbocycles. The monoisotopic (exact) mass is 234 g/mol. The Kier molecular flexibility index (Phi) is 3.01. The second kappa shape index (κ2) is 3.83. The molecular weight excluding hydrogens is 225 g/mol. The normalized spacial score (nSPS) is 11.2. The van der Waals surface area contributed by atoms with Gasteiger partial charge in [-0.1, -0.05) is 0 Å². The molecule has 0 aliphatic rings. The van der Waals surface area contributed by atoms with E-state index < -0.39 is 19.8 Å². The molecule has 0 radical (unpaired) electrons. The molecule has 0 amide bonds. The average molecular weight is 233 g/mol. The first-order chi connectivity index (χ1) is 5.64. The third-order valence-corrected chi connectivity index (χ3v) is 3.22. The fraction of sp³-hybridized carbons (Fsp3) is 0.111. The fourth-order valence-electron chi connectivity index (χ4n) is 0.687. The molecule has 0 unspecified atom stereocenters. The van der Waals surface area contributed by atoms with Crippen LogP contribution in [0.15, 0.2) is 43.0 Å². The van der Waals surface area contributed by atoms with Gasteiger partial charge in [-0.05, 0) is 0 Å². The Balaban J connectivity index is 2.70. The Morgan fingerprint density at radius 3 is 2.33 bits per heavy atom. The zero-order valence-electron chi connectivity index (χ0n) is 6.34. The van der Waals surface area contributed by atoms with E-state index in [1.54, 1.807) is 24.3 Å². The molecule has 0 saturated carbocycles. The standard InChI is InChI=1S/C9H8F2Se/c1-2-9(10,11)12-8-6-4-3-5-7-8/h2-7H,1H2. The minimum atomic E-state index is -2.73. The van der Waals surface area contributed by atoms with E-state index in [1.165, 1.54) is 0 Å². The van der Waals surface area contributed by atoms with E-state index in [0.29, 0.717) is 10.5 Å². The van der Waals surface area contributed by atoms with Gasteiger partial charge in [-0.15, -0.1) is 0 Å². The van der Waals surface area contributed by atoms with Crippen LogP contribution in [0.1, 0.15) is 0 Å². The number of alkyl halides is 2. The summed E-state index contributed by atoms with van der Waals surface area (Å²) in [6.45, 7) is 3.09. The van der Waals surface area contributed by atoms with Crippen LogP contribution in [0.2, 0.25) is 0 Å². The van der Waals surface area contributed by atoms with Crippen LogP contribution < -0.4 is 4.46 Å². The summed E-state index contributed by atoms with van der Waals surface area (Å²) in [6.07, 6.45) is 0.708. The van der Waals surface area contributed by atoms with E-state index >= 15 is 0 Å². The second-order valence-electron chi connectivity index (χ2n) is 2.18. The Morgan fingerprint density at radius 2 is 1.83 bits per heavy atom. The molecule has 0 nitrogen and oxygen atoms in total. The third-order valence-electron chi connectivity index (χ3n) is 1.23. The van der Waals surface area contributed by atoms with Crippen LogP contribution in [0.3, 0.4) is 0 Å². The molecule has 0 aliphatic heterocycles. The van der Waals surface area contributed by atoms with Gasteiger partial charge in [0.05, 0.1) is 0 Å². The topological polar surface area (TPSA) is 0 Å². The van der Waals surface area contributed by atoms with Gasteiger partial charge in [-0.2, -0.15) is 0 Å². The molecule has 3 heteroatoms. The molecule has 1 aromatic rings. The summed E-state index contributed by atoms with van der Waals surface area (Å²) in [7, 11) is 0. The molecule has 1 rings (SSSR count). The van der Waals surface area contributed by atoms with Gasteiger partial charge in [0.1, 0.15) is 0 Å². The number of halogens is 2. The fourth-order valence-corrected chi connectivity index (χ4v) is 2.14. The zero-order chi connectivity index (χ0) is 9.03. The van der Waals surface area contributed by atoms with Crippen molar-refractivity contribution in [3.05, 3.63) is 43.0 Å². The van der Waals surface area contributed by atoms with E-state index in [1.807, 2.05) is 6.07 Å². The van der Waals surface area contributed by atoms with Crippen molar-refractivity contribution in [2.24, 2.45) is 0 Å². The van der Waals surface area contributed by atoms with Crippen LogP contribution in [0.4, 0.5) is 8.78 Å². The van der Waals surface area contributed by atoms with Gasteiger partial charge in [-0.25, -0.2) is 0 Å². The van der Waals surface area contributed by atoms with Crippen LogP contribution in [-0.4, -0.2) is 19.8 Å². The summed E-state index contributed by atoms with van der Waals surface area (Å²) < 4.78 is 26.2. The Hall–Kier alpha value is -0.661. The second-order valence-corrected chi connectivity index (χ2v) is 4.74. The zero-order valence-corrected chi connectivity index (χ0v) is 8.05. The number of allylic oxidation sites excluding steroid dienone is 1. The van der Waals surface area contributed by atoms with E-state index in [0.717, 1.165) is 0 Å². The van der Waals surface area contributed by atoms with Crippen LogP contribution in [0.5, 0.6) is 0 Å². The van der Waals surface area contributed by atoms with Gasteiger partial charge in [0.25, 0.3) is 0 Å².